The van der Waals surface area contributed by atoms with Crippen LogP contribution >= 0.6 is 0 Å². The summed E-state index contributed by atoms with van der Waals surface area (Å²) in [7, 11) is 0. The van der Waals surface area contributed by atoms with Crippen molar-refractivity contribution in [1.82, 2.24) is 0 Å². The van der Waals surface area contributed by atoms with Gasteiger partial charge in [-0.15, -0.1) is 0 Å². The first-order valence-electron chi connectivity index (χ1n) is 7.25. The molecule has 0 radical (unpaired) electrons. The Morgan fingerprint density at radius 1 is 1.32 bits per heavy atom. The first-order chi connectivity index (χ1) is 12.0. The number of nitro benzene ring substituents is 1. The molecule has 0 aliphatic rings. The third kappa shape index (κ3) is 5.13. The van der Waals surface area contributed by atoms with Gasteiger partial charge in [0, 0.05) is 17.7 Å². The summed E-state index contributed by atoms with van der Waals surface area (Å²) in [6, 6.07) is 10.4. The Morgan fingerprint density at radius 3 is 2.76 bits per heavy atom. The number of halogens is 2. The van der Waals surface area contributed by atoms with Crippen LogP contribution in [0.15, 0.2) is 47.6 Å². The molecule has 0 unspecified atom stereocenters. The second kappa shape index (κ2) is 8.57. The van der Waals surface area contributed by atoms with Gasteiger partial charge in [-0.05, 0) is 25.1 Å². The number of rotatable bonds is 8. The predicted molar refractivity (Wildman–Crippen MR) is 88.6 cm³/mol. The van der Waals surface area contributed by atoms with E-state index in [2.05, 4.69) is 15.3 Å². The summed E-state index contributed by atoms with van der Waals surface area (Å²) in [6.45, 7) is -1.01. The first kappa shape index (κ1) is 18.1. The number of non-ortho nitro benzene ring substituents is 1. The first-order valence-corrected chi connectivity index (χ1v) is 7.25. The van der Waals surface area contributed by atoms with Crippen molar-refractivity contribution in [1.29, 1.82) is 0 Å². The molecule has 132 valence electrons. The van der Waals surface area contributed by atoms with Gasteiger partial charge in [0.1, 0.15) is 0 Å². The van der Waals surface area contributed by atoms with Crippen molar-refractivity contribution in [3.05, 3.63) is 58.1 Å². The van der Waals surface area contributed by atoms with E-state index in [4.69, 9.17) is 4.74 Å². The van der Waals surface area contributed by atoms with Gasteiger partial charge in [-0.3, -0.25) is 15.5 Å². The highest BCUT2D eigenvalue weighted by Crippen LogP contribution is 2.31. The number of alkyl halides is 2. The maximum Gasteiger partial charge on any atom is 0.387 e. The predicted octanol–water partition coefficient (Wildman–Crippen LogP) is 4.04. The maximum absolute atomic E-state index is 12.6. The molecule has 0 fully saturated rings. The lowest BCUT2D eigenvalue weighted by atomic mass is 10.2. The Morgan fingerprint density at radius 2 is 2.08 bits per heavy atom. The Bertz CT molecular complexity index is 769. The van der Waals surface area contributed by atoms with Crippen LogP contribution in [0.1, 0.15) is 12.5 Å². The molecular formula is C16H15F2N3O4. The van der Waals surface area contributed by atoms with Gasteiger partial charge in [0.25, 0.3) is 5.69 Å². The van der Waals surface area contributed by atoms with Crippen LogP contribution in [0.2, 0.25) is 0 Å². The molecule has 7 nitrogen and oxygen atoms in total. The van der Waals surface area contributed by atoms with Crippen molar-refractivity contribution < 1.29 is 23.2 Å². The van der Waals surface area contributed by atoms with Crippen LogP contribution in [0.25, 0.3) is 0 Å². The fraction of sp³-hybridized carbons (Fsp3) is 0.188. The molecule has 2 aromatic rings. The summed E-state index contributed by atoms with van der Waals surface area (Å²) in [5.74, 6) is 0.0334. The van der Waals surface area contributed by atoms with E-state index in [1.54, 1.807) is 19.1 Å². The highest BCUT2D eigenvalue weighted by Gasteiger charge is 2.14. The SMILES string of the molecule is CCOc1cccc(/C=N\Nc2cccc([N+](=O)[O-])c2)c1OC(F)F. The standard InChI is InChI=1S/C16H15F2N3O4/c1-2-24-14-8-3-5-11(15(14)25-16(17)18)10-19-20-12-6-4-7-13(9-12)21(22)23/h3-10,16,20H,2H2,1H3/b19-10-. The van der Waals surface area contributed by atoms with Crippen molar-refractivity contribution >= 4 is 17.6 Å². The molecule has 0 aliphatic carbocycles. The monoisotopic (exact) mass is 351 g/mol. The quantitative estimate of drug-likeness (QED) is 0.441. The number of hydrogen-bond donors (Lipinski definition) is 1. The number of nitrogens with one attached hydrogen (secondary N) is 1. The Labute approximate surface area is 142 Å². The molecule has 0 spiro atoms. The number of benzene rings is 2. The van der Waals surface area contributed by atoms with E-state index in [0.29, 0.717) is 5.69 Å². The highest BCUT2D eigenvalue weighted by atomic mass is 19.3. The number of nitro groups is 1. The molecule has 0 saturated heterocycles. The van der Waals surface area contributed by atoms with Gasteiger partial charge < -0.3 is 9.47 Å². The normalized spacial score (nSPS) is 10.9. The van der Waals surface area contributed by atoms with Crippen LogP contribution in [0.4, 0.5) is 20.2 Å². The lowest BCUT2D eigenvalue weighted by Gasteiger charge is -2.13. The van der Waals surface area contributed by atoms with Gasteiger partial charge >= 0.3 is 6.61 Å². The van der Waals surface area contributed by atoms with E-state index in [1.165, 1.54) is 36.5 Å². The van der Waals surface area contributed by atoms with Gasteiger partial charge in [0.05, 0.1) is 23.4 Å². The van der Waals surface area contributed by atoms with Crippen molar-refractivity contribution in [3.8, 4) is 11.5 Å². The summed E-state index contributed by atoms with van der Waals surface area (Å²) < 4.78 is 35.0. The Balaban J connectivity index is 2.21. The number of nitrogens with zero attached hydrogens (tertiary/aromatic N) is 2. The van der Waals surface area contributed by atoms with E-state index in [9.17, 15) is 18.9 Å². The summed E-state index contributed by atoms with van der Waals surface area (Å²) in [6.07, 6.45) is 1.26. The van der Waals surface area contributed by atoms with E-state index >= 15 is 0 Å². The molecule has 0 heterocycles. The lowest BCUT2D eigenvalue weighted by molar-refractivity contribution is -0.384. The minimum absolute atomic E-state index is 0.0970. The van der Waals surface area contributed by atoms with Crippen molar-refractivity contribution in [3.63, 3.8) is 0 Å². The molecular weight excluding hydrogens is 336 g/mol. The van der Waals surface area contributed by atoms with Gasteiger partial charge in [0.15, 0.2) is 11.5 Å². The van der Waals surface area contributed by atoms with Crippen LogP contribution in [0.3, 0.4) is 0 Å². The van der Waals surface area contributed by atoms with Crippen molar-refractivity contribution in [2.45, 2.75) is 13.5 Å². The van der Waals surface area contributed by atoms with Crippen LogP contribution in [-0.4, -0.2) is 24.4 Å². The number of anilines is 1. The molecule has 0 saturated carbocycles. The summed E-state index contributed by atoms with van der Waals surface area (Å²) in [4.78, 5) is 10.2. The number of ether oxygens (including phenoxy) is 2. The largest absolute Gasteiger partial charge is 0.490 e. The minimum atomic E-state index is -3.02. The third-order valence-corrected chi connectivity index (χ3v) is 2.97. The number of hydrogen-bond acceptors (Lipinski definition) is 6. The van der Waals surface area contributed by atoms with Gasteiger partial charge in [0.2, 0.25) is 0 Å². The number of hydrazone groups is 1. The smallest absolute Gasteiger partial charge is 0.387 e. The molecule has 9 heteroatoms. The zero-order chi connectivity index (χ0) is 18.2. The average Bonchev–Trinajstić information content (AvgIpc) is 2.57. The highest BCUT2D eigenvalue weighted by molar-refractivity contribution is 5.85. The third-order valence-electron chi connectivity index (χ3n) is 2.97. The zero-order valence-corrected chi connectivity index (χ0v) is 13.2. The molecule has 0 amide bonds. The summed E-state index contributed by atoms with van der Waals surface area (Å²) in [5.41, 5.74) is 3.15. The maximum atomic E-state index is 12.6. The summed E-state index contributed by atoms with van der Waals surface area (Å²) >= 11 is 0. The van der Waals surface area contributed by atoms with E-state index in [1.807, 2.05) is 0 Å². The Hall–Kier alpha value is -3.23. The fourth-order valence-corrected chi connectivity index (χ4v) is 1.98. The molecule has 25 heavy (non-hydrogen) atoms. The molecule has 0 aromatic heterocycles. The molecule has 0 aliphatic heterocycles. The van der Waals surface area contributed by atoms with E-state index in [-0.39, 0.29) is 29.4 Å². The zero-order valence-electron chi connectivity index (χ0n) is 13.2. The van der Waals surface area contributed by atoms with Crippen LogP contribution < -0.4 is 14.9 Å². The Kier molecular flexibility index (Phi) is 6.21. The molecule has 1 N–H and O–H groups in total. The molecule has 0 atom stereocenters. The summed E-state index contributed by atoms with van der Waals surface area (Å²) in [5, 5.41) is 14.6. The second-order valence-corrected chi connectivity index (χ2v) is 4.66. The minimum Gasteiger partial charge on any atom is -0.490 e. The van der Waals surface area contributed by atoms with Crippen molar-refractivity contribution in [2.75, 3.05) is 12.0 Å². The topological polar surface area (TPSA) is 86.0 Å². The second-order valence-electron chi connectivity index (χ2n) is 4.66. The van der Waals surface area contributed by atoms with Crippen LogP contribution in [0, 0.1) is 10.1 Å². The van der Waals surface area contributed by atoms with Gasteiger partial charge in [-0.2, -0.15) is 13.9 Å². The molecule has 2 aromatic carbocycles. The van der Waals surface area contributed by atoms with Gasteiger partial charge in [-0.1, -0.05) is 12.1 Å². The molecule has 0 bridgehead atoms. The van der Waals surface area contributed by atoms with Crippen LogP contribution in [-0.2, 0) is 0 Å². The van der Waals surface area contributed by atoms with Gasteiger partial charge in [-0.25, -0.2) is 0 Å². The number of para-hydroxylation sites is 1. The van der Waals surface area contributed by atoms with Crippen LogP contribution in [0.5, 0.6) is 11.5 Å². The van der Waals surface area contributed by atoms with E-state index in [0.717, 1.165) is 0 Å². The fourth-order valence-electron chi connectivity index (χ4n) is 1.98. The average molecular weight is 351 g/mol. The molecule has 2 rings (SSSR count). The van der Waals surface area contributed by atoms with E-state index < -0.39 is 11.5 Å². The lowest BCUT2D eigenvalue weighted by Crippen LogP contribution is -2.07. The van der Waals surface area contributed by atoms with Crippen molar-refractivity contribution in [2.24, 2.45) is 5.10 Å².